The molecule has 108 valence electrons. The largest absolute Gasteiger partial charge is 0.478 e. The van der Waals surface area contributed by atoms with E-state index in [4.69, 9.17) is 14.9 Å². The molecule has 4 heteroatoms. The van der Waals surface area contributed by atoms with E-state index in [0.717, 1.165) is 17.2 Å². The molecule has 0 spiro atoms. The molecule has 4 nitrogen and oxygen atoms in total. The standard InChI is InChI=1S/C17H16O4/c18-12-11-14-3-1-2-4-16(14)21-15-8-5-13(6-9-15)7-10-17(19)20/h1-10,18H,11-12H2,(H,19,20)/b10-7+. The third-order valence-corrected chi connectivity index (χ3v) is 2.88. The van der Waals surface area contributed by atoms with Crippen LogP contribution in [0.25, 0.3) is 6.08 Å². The van der Waals surface area contributed by atoms with Gasteiger partial charge in [-0.1, -0.05) is 30.3 Å². The van der Waals surface area contributed by atoms with Crippen molar-refractivity contribution in [2.45, 2.75) is 6.42 Å². The molecule has 0 saturated carbocycles. The number of aliphatic hydroxyl groups is 1. The summed E-state index contributed by atoms with van der Waals surface area (Å²) in [6.07, 6.45) is 3.15. The third-order valence-electron chi connectivity index (χ3n) is 2.88. The van der Waals surface area contributed by atoms with Crippen molar-refractivity contribution in [1.82, 2.24) is 0 Å². The van der Waals surface area contributed by atoms with Gasteiger partial charge < -0.3 is 14.9 Å². The fourth-order valence-electron chi connectivity index (χ4n) is 1.87. The fourth-order valence-corrected chi connectivity index (χ4v) is 1.87. The van der Waals surface area contributed by atoms with Crippen molar-refractivity contribution >= 4 is 12.0 Å². The van der Waals surface area contributed by atoms with Crippen LogP contribution in [0.5, 0.6) is 11.5 Å². The van der Waals surface area contributed by atoms with E-state index in [0.29, 0.717) is 17.9 Å². The number of ether oxygens (including phenoxy) is 1. The van der Waals surface area contributed by atoms with Gasteiger partial charge in [-0.05, 0) is 41.8 Å². The fraction of sp³-hybridized carbons (Fsp3) is 0.118. The normalized spacial score (nSPS) is 10.7. The predicted octanol–water partition coefficient (Wildman–Crippen LogP) is 3.11. The Morgan fingerprint density at radius 3 is 2.48 bits per heavy atom. The van der Waals surface area contributed by atoms with Crippen LogP contribution >= 0.6 is 0 Å². The van der Waals surface area contributed by atoms with Crippen molar-refractivity contribution < 1.29 is 19.7 Å². The second-order valence-electron chi connectivity index (χ2n) is 4.42. The first-order valence-electron chi connectivity index (χ1n) is 6.57. The summed E-state index contributed by atoms with van der Waals surface area (Å²) in [5.41, 5.74) is 1.73. The highest BCUT2D eigenvalue weighted by molar-refractivity contribution is 5.85. The molecule has 21 heavy (non-hydrogen) atoms. The zero-order valence-corrected chi connectivity index (χ0v) is 11.4. The molecule has 2 N–H and O–H groups in total. The molecule has 0 aliphatic carbocycles. The van der Waals surface area contributed by atoms with E-state index in [-0.39, 0.29) is 6.61 Å². The molecule has 0 bridgehead atoms. The summed E-state index contributed by atoms with van der Waals surface area (Å²) in [5.74, 6) is 0.390. The minimum absolute atomic E-state index is 0.0687. The summed E-state index contributed by atoms with van der Waals surface area (Å²) in [7, 11) is 0. The summed E-state index contributed by atoms with van der Waals surface area (Å²) < 4.78 is 5.79. The molecule has 0 radical (unpaired) electrons. The van der Waals surface area contributed by atoms with Crippen LogP contribution in [-0.2, 0) is 11.2 Å². The number of carbonyl (C=O) groups is 1. The number of hydrogen-bond acceptors (Lipinski definition) is 3. The van der Waals surface area contributed by atoms with Crippen molar-refractivity contribution in [3.8, 4) is 11.5 Å². The lowest BCUT2D eigenvalue weighted by Crippen LogP contribution is -1.95. The van der Waals surface area contributed by atoms with Gasteiger partial charge >= 0.3 is 5.97 Å². The molecule has 0 unspecified atom stereocenters. The van der Waals surface area contributed by atoms with Gasteiger partial charge in [0.05, 0.1) is 0 Å². The number of carboxylic acid groups (broad SMARTS) is 1. The van der Waals surface area contributed by atoms with Crippen molar-refractivity contribution in [3.63, 3.8) is 0 Å². The number of hydrogen-bond donors (Lipinski definition) is 2. The number of carboxylic acids is 1. The van der Waals surface area contributed by atoms with Crippen LogP contribution in [0.15, 0.2) is 54.6 Å². The van der Waals surface area contributed by atoms with Gasteiger partial charge in [0.25, 0.3) is 0 Å². The topological polar surface area (TPSA) is 66.8 Å². The quantitative estimate of drug-likeness (QED) is 0.800. The maximum atomic E-state index is 10.4. The Bertz CT molecular complexity index is 629. The minimum Gasteiger partial charge on any atom is -0.478 e. The second kappa shape index (κ2) is 7.26. The monoisotopic (exact) mass is 284 g/mol. The number of benzene rings is 2. The lowest BCUT2D eigenvalue weighted by Gasteiger charge is -2.10. The molecule has 2 aromatic carbocycles. The summed E-state index contributed by atoms with van der Waals surface area (Å²) in [6.45, 7) is 0.0687. The Hall–Kier alpha value is -2.59. The average Bonchev–Trinajstić information content (AvgIpc) is 2.49. The highest BCUT2D eigenvalue weighted by Crippen LogP contribution is 2.25. The number of rotatable bonds is 6. The van der Waals surface area contributed by atoms with Crippen molar-refractivity contribution in [3.05, 3.63) is 65.7 Å². The Morgan fingerprint density at radius 2 is 1.81 bits per heavy atom. The van der Waals surface area contributed by atoms with Gasteiger partial charge in [-0.2, -0.15) is 0 Å². The van der Waals surface area contributed by atoms with Crippen molar-refractivity contribution in [2.75, 3.05) is 6.61 Å². The van der Waals surface area contributed by atoms with E-state index in [9.17, 15) is 4.79 Å². The first kappa shape index (κ1) is 14.8. The molecule has 0 amide bonds. The molecular formula is C17H16O4. The molecule has 0 saturated heterocycles. The highest BCUT2D eigenvalue weighted by Gasteiger charge is 2.03. The van der Waals surface area contributed by atoms with Crippen LogP contribution < -0.4 is 4.74 Å². The van der Waals surface area contributed by atoms with E-state index in [1.54, 1.807) is 24.3 Å². The summed E-state index contributed by atoms with van der Waals surface area (Å²) >= 11 is 0. The van der Waals surface area contributed by atoms with Gasteiger partial charge in [0.1, 0.15) is 11.5 Å². The van der Waals surface area contributed by atoms with Crippen LogP contribution in [-0.4, -0.2) is 22.8 Å². The van der Waals surface area contributed by atoms with Gasteiger partial charge in [-0.25, -0.2) is 4.79 Å². The third kappa shape index (κ3) is 4.47. The summed E-state index contributed by atoms with van der Waals surface area (Å²) in [4.78, 5) is 10.4. The van der Waals surface area contributed by atoms with Crippen LogP contribution in [0, 0.1) is 0 Å². The van der Waals surface area contributed by atoms with Gasteiger partial charge in [0.2, 0.25) is 0 Å². The van der Waals surface area contributed by atoms with Crippen molar-refractivity contribution in [2.24, 2.45) is 0 Å². The highest BCUT2D eigenvalue weighted by atomic mass is 16.5. The van der Waals surface area contributed by atoms with E-state index >= 15 is 0 Å². The van der Waals surface area contributed by atoms with Gasteiger partial charge in [0, 0.05) is 12.7 Å². The minimum atomic E-state index is -0.978. The predicted molar refractivity (Wildman–Crippen MR) is 80.4 cm³/mol. The van der Waals surface area contributed by atoms with Crippen LogP contribution in [0.3, 0.4) is 0 Å². The lowest BCUT2D eigenvalue weighted by molar-refractivity contribution is -0.131. The Morgan fingerprint density at radius 1 is 1.10 bits per heavy atom. The first-order valence-corrected chi connectivity index (χ1v) is 6.57. The van der Waals surface area contributed by atoms with E-state index in [1.165, 1.54) is 6.08 Å². The Labute approximate surface area is 122 Å². The molecule has 0 aliphatic heterocycles. The van der Waals surface area contributed by atoms with E-state index in [1.807, 2.05) is 24.3 Å². The van der Waals surface area contributed by atoms with E-state index in [2.05, 4.69) is 0 Å². The first-order chi connectivity index (χ1) is 10.2. The number of aliphatic carboxylic acids is 1. The van der Waals surface area contributed by atoms with Gasteiger partial charge in [0.15, 0.2) is 0 Å². The zero-order chi connectivity index (χ0) is 15.1. The molecule has 0 heterocycles. The molecule has 0 aromatic heterocycles. The zero-order valence-electron chi connectivity index (χ0n) is 11.4. The second-order valence-corrected chi connectivity index (χ2v) is 4.42. The summed E-state index contributed by atoms with van der Waals surface area (Å²) in [5, 5.41) is 17.6. The van der Waals surface area contributed by atoms with E-state index < -0.39 is 5.97 Å². The molecule has 0 fully saturated rings. The average molecular weight is 284 g/mol. The lowest BCUT2D eigenvalue weighted by atomic mass is 10.1. The smallest absolute Gasteiger partial charge is 0.328 e. The Balaban J connectivity index is 2.12. The summed E-state index contributed by atoms with van der Waals surface area (Å²) in [6, 6.07) is 14.7. The Kier molecular flexibility index (Phi) is 5.12. The molecule has 0 aliphatic rings. The molecule has 2 rings (SSSR count). The van der Waals surface area contributed by atoms with Crippen LogP contribution in [0.4, 0.5) is 0 Å². The molecular weight excluding hydrogens is 268 g/mol. The molecule has 0 atom stereocenters. The van der Waals surface area contributed by atoms with Gasteiger partial charge in [-0.15, -0.1) is 0 Å². The van der Waals surface area contributed by atoms with Gasteiger partial charge in [-0.3, -0.25) is 0 Å². The maximum Gasteiger partial charge on any atom is 0.328 e. The SMILES string of the molecule is O=C(O)/C=C/c1ccc(Oc2ccccc2CCO)cc1. The van der Waals surface area contributed by atoms with Crippen LogP contribution in [0.2, 0.25) is 0 Å². The molecule has 2 aromatic rings. The van der Waals surface area contributed by atoms with Crippen LogP contribution in [0.1, 0.15) is 11.1 Å². The maximum absolute atomic E-state index is 10.4. The number of para-hydroxylation sites is 1. The van der Waals surface area contributed by atoms with Crippen molar-refractivity contribution in [1.29, 1.82) is 0 Å². The number of aliphatic hydroxyl groups excluding tert-OH is 1.